The molecule has 114 valence electrons. The van der Waals surface area contributed by atoms with Crippen LogP contribution in [0.1, 0.15) is 18.9 Å². The number of aryl methyl sites for hydroxylation is 1. The van der Waals surface area contributed by atoms with E-state index in [9.17, 15) is 9.59 Å². The highest BCUT2D eigenvalue weighted by atomic mass is 35.5. The summed E-state index contributed by atoms with van der Waals surface area (Å²) in [6.07, 6.45) is -0.681. The second kappa shape index (κ2) is 6.91. The van der Waals surface area contributed by atoms with Crippen molar-refractivity contribution in [2.75, 3.05) is 25.0 Å². The van der Waals surface area contributed by atoms with E-state index in [4.69, 9.17) is 16.3 Å². The number of carbonyl (C=O) groups is 2. The molecule has 0 bridgehead atoms. The van der Waals surface area contributed by atoms with Crippen molar-refractivity contribution < 1.29 is 14.3 Å². The second-order valence-electron chi connectivity index (χ2n) is 4.99. The number of rotatable bonds is 4. The lowest BCUT2D eigenvalue weighted by Gasteiger charge is -2.31. The molecule has 1 fully saturated rings. The van der Waals surface area contributed by atoms with Crippen LogP contribution in [0, 0.1) is 6.92 Å². The van der Waals surface area contributed by atoms with E-state index in [2.05, 4.69) is 5.32 Å². The zero-order valence-corrected chi connectivity index (χ0v) is 12.9. The minimum absolute atomic E-state index is 0.0152. The van der Waals surface area contributed by atoms with Gasteiger partial charge in [-0.25, -0.2) is 0 Å². The van der Waals surface area contributed by atoms with Gasteiger partial charge >= 0.3 is 0 Å². The van der Waals surface area contributed by atoms with E-state index in [0.29, 0.717) is 30.4 Å². The molecule has 1 aliphatic heterocycles. The zero-order chi connectivity index (χ0) is 15.4. The van der Waals surface area contributed by atoms with Crippen molar-refractivity contribution in [3.05, 3.63) is 28.8 Å². The minimum Gasteiger partial charge on any atom is -0.366 e. The summed E-state index contributed by atoms with van der Waals surface area (Å²) in [5.41, 5.74) is 1.57. The first-order valence-electron chi connectivity index (χ1n) is 6.97. The van der Waals surface area contributed by atoms with Gasteiger partial charge in [0.05, 0.1) is 13.0 Å². The van der Waals surface area contributed by atoms with Gasteiger partial charge in [0, 0.05) is 23.8 Å². The maximum Gasteiger partial charge on any atom is 0.252 e. The number of likely N-dealkylation sites (N-methyl/N-ethyl adjacent to an activating group) is 1. The van der Waals surface area contributed by atoms with Gasteiger partial charge in [-0.1, -0.05) is 17.7 Å². The molecule has 2 rings (SSSR count). The van der Waals surface area contributed by atoms with Gasteiger partial charge in [-0.3, -0.25) is 9.59 Å². The van der Waals surface area contributed by atoms with Crippen molar-refractivity contribution in [3.8, 4) is 0 Å². The van der Waals surface area contributed by atoms with Gasteiger partial charge in [-0.05, 0) is 31.5 Å². The van der Waals surface area contributed by atoms with Gasteiger partial charge in [0.25, 0.3) is 5.91 Å². The minimum atomic E-state index is -0.696. The Hall–Kier alpha value is -1.59. The molecular weight excluding hydrogens is 292 g/mol. The van der Waals surface area contributed by atoms with Crippen LogP contribution in [0.15, 0.2) is 18.2 Å². The summed E-state index contributed by atoms with van der Waals surface area (Å²) < 4.78 is 5.41. The molecule has 21 heavy (non-hydrogen) atoms. The molecule has 1 saturated heterocycles. The van der Waals surface area contributed by atoms with Crippen LogP contribution in [0.5, 0.6) is 0 Å². The van der Waals surface area contributed by atoms with Crippen LogP contribution in [0.3, 0.4) is 0 Å². The maximum absolute atomic E-state index is 12.1. The lowest BCUT2D eigenvalue weighted by atomic mass is 10.1. The van der Waals surface area contributed by atoms with Crippen molar-refractivity contribution in [2.45, 2.75) is 26.4 Å². The number of nitrogens with one attached hydrogen (secondary N) is 1. The monoisotopic (exact) mass is 310 g/mol. The van der Waals surface area contributed by atoms with Gasteiger partial charge in [0.1, 0.15) is 6.10 Å². The van der Waals surface area contributed by atoms with Crippen LogP contribution in [0.4, 0.5) is 5.69 Å². The average Bonchev–Trinajstić information content (AvgIpc) is 2.45. The Kier molecular flexibility index (Phi) is 5.20. The quantitative estimate of drug-likeness (QED) is 0.927. The Bertz CT molecular complexity index is 548. The lowest BCUT2D eigenvalue weighted by Crippen LogP contribution is -2.48. The lowest BCUT2D eigenvalue weighted by molar-refractivity contribution is -0.154. The number of carbonyl (C=O) groups excluding carboxylic acids is 2. The number of benzene rings is 1. The van der Waals surface area contributed by atoms with Gasteiger partial charge < -0.3 is 15.0 Å². The van der Waals surface area contributed by atoms with Crippen LogP contribution >= 0.6 is 11.6 Å². The summed E-state index contributed by atoms with van der Waals surface area (Å²) in [5, 5.41) is 3.33. The van der Waals surface area contributed by atoms with Gasteiger partial charge in [-0.15, -0.1) is 0 Å². The van der Waals surface area contributed by atoms with E-state index in [0.717, 1.165) is 5.56 Å². The summed E-state index contributed by atoms with van der Waals surface area (Å²) in [7, 11) is 0. The van der Waals surface area contributed by atoms with E-state index >= 15 is 0 Å². The van der Waals surface area contributed by atoms with E-state index in [-0.39, 0.29) is 18.2 Å². The first-order valence-corrected chi connectivity index (χ1v) is 7.35. The molecule has 1 N–H and O–H groups in total. The summed E-state index contributed by atoms with van der Waals surface area (Å²) in [4.78, 5) is 25.8. The third-order valence-electron chi connectivity index (χ3n) is 3.49. The molecule has 0 unspecified atom stereocenters. The molecule has 0 spiro atoms. The Morgan fingerprint density at radius 1 is 1.52 bits per heavy atom. The molecule has 0 radical (unpaired) electrons. The van der Waals surface area contributed by atoms with Crippen molar-refractivity contribution in [1.82, 2.24) is 4.90 Å². The van der Waals surface area contributed by atoms with E-state index < -0.39 is 6.10 Å². The number of anilines is 1. The molecule has 2 amide bonds. The SMILES string of the molecule is CCN1CCO[C@@H](CC(=O)Nc2cc(Cl)ccc2C)C1=O. The molecule has 1 aromatic rings. The smallest absolute Gasteiger partial charge is 0.252 e. The van der Waals surface area contributed by atoms with Crippen LogP contribution in [-0.4, -0.2) is 42.5 Å². The molecule has 1 aromatic carbocycles. The maximum atomic E-state index is 12.1. The first-order chi connectivity index (χ1) is 10.0. The standard InChI is InChI=1S/C15H19ClN2O3/c1-3-18-6-7-21-13(15(18)20)9-14(19)17-12-8-11(16)5-4-10(12)2/h4-5,8,13H,3,6-7,9H2,1-2H3,(H,17,19)/t13-/m0/s1. The van der Waals surface area contributed by atoms with Crippen molar-refractivity contribution >= 4 is 29.1 Å². The summed E-state index contributed by atoms with van der Waals surface area (Å²) in [5.74, 6) is -0.376. The summed E-state index contributed by atoms with van der Waals surface area (Å²) in [6.45, 7) is 5.48. The fraction of sp³-hybridized carbons (Fsp3) is 0.467. The third kappa shape index (κ3) is 3.95. The van der Waals surface area contributed by atoms with Crippen molar-refractivity contribution in [2.24, 2.45) is 0 Å². The van der Waals surface area contributed by atoms with Gasteiger partial charge in [0.15, 0.2) is 0 Å². The van der Waals surface area contributed by atoms with Crippen LogP contribution in [-0.2, 0) is 14.3 Å². The number of hydrogen-bond acceptors (Lipinski definition) is 3. The Balaban J connectivity index is 1.98. The number of hydrogen-bond donors (Lipinski definition) is 1. The largest absolute Gasteiger partial charge is 0.366 e. The highest BCUT2D eigenvalue weighted by molar-refractivity contribution is 6.31. The fourth-order valence-electron chi connectivity index (χ4n) is 2.25. The molecular formula is C15H19ClN2O3. The number of ether oxygens (including phenoxy) is 1. The van der Waals surface area contributed by atoms with Crippen LogP contribution in [0.2, 0.25) is 5.02 Å². The highest BCUT2D eigenvalue weighted by Crippen LogP contribution is 2.21. The predicted molar refractivity (Wildman–Crippen MR) is 81.4 cm³/mol. The molecule has 5 nitrogen and oxygen atoms in total. The molecule has 1 atom stereocenters. The first kappa shape index (κ1) is 15.8. The number of halogens is 1. The summed E-state index contributed by atoms with van der Waals surface area (Å²) in [6, 6.07) is 5.29. The molecule has 1 heterocycles. The van der Waals surface area contributed by atoms with Crippen molar-refractivity contribution in [3.63, 3.8) is 0 Å². The van der Waals surface area contributed by atoms with E-state index in [1.165, 1.54) is 0 Å². The van der Waals surface area contributed by atoms with Gasteiger partial charge in [0.2, 0.25) is 5.91 Å². The number of nitrogens with zero attached hydrogens (tertiary/aromatic N) is 1. The van der Waals surface area contributed by atoms with E-state index in [1.807, 2.05) is 19.9 Å². The van der Waals surface area contributed by atoms with Gasteiger partial charge in [-0.2, -0.15) is 0 Å². The Labute approximate surface area is 129 Å². The zero-order valence-electron chi connectivity index (χ0n) is 12.2. The van der Waals surface area contributed by atoms with Crippen LogP contribution in [0.25, 0.3) is 0 Å². The average molecular weight is 311 g/mol. The third-order valence-corrected chi connectivity index (χ3v) is 3.73. The fourth-order valence-corrected chi connectivity index (χ4v) is 2.42. The Morgan fingerprint density at radius 3 is 3.00 bits per heavy atom. The summed E-state index contributed by atoms with van der Waals surface area (Å²) >= 11 is 5.92. The molecule has 1 aliphatic rings. The second-order valence-corrected chi connectivity index (χ2v) is 5.43. The molecule has 0 aromatic heterocycles. The highest BCUT2D eigenvalue weighted by Gasteiger charge is 2.30. The topological polar surface area (TPSA) is 58.6 Å². The normalized spacial score (nSPS) is 18.7. The predicted octanol–water partition coefficient (Wildman–Crippen LogP) is 2.22. The number of morpholine rings is 1. The van der Waals surface area contributed by atoms with Crippen molar-refractivity contribution in [1.29, 1.82) is 0 Å². The van der Waals surface area contributed by atoms with E-state index in [1.54, 1.807) is 17.0 Å². The molecule has 6 heteroatoms. The Morgan fingerprint density at radius 2 is 2.29 bits per heavy atom. The molecule has 0 aliphatic carbocycles. The molecule has 0 saturated carbocycles. The van der Waals surface area contributed by atoms with Crippen LogP contribution < -0.4 is 5.32 Å². The number of amides is 2.